The van der Waals surface area contributed by atoms with Crippen molar-refractivity contribution in [2.75, 3.05) is 12.8 Å². The minimum Gasteiger partial charge on any atom is -0.653 e. The molecule has 3 heterocycles. The molecule has 0 atom stereocenters. The molecule has 0 aliphatic heterocycles. The van der Waals surface area contributed by atoms with Gasteiger partial charge in [-0.25, -0.2) is 14.5 Å². The van der Waals surface area contributed by atoms with E-state index in [0.29, 0.717) is 54.2 Å². The monoisotopic (exact) mass is 428 g/mol. The largest absolute Gasteiger partial charge is 2.00 e. The van der Waals surface area contributed by atoms with Crippen LogP contribution in [0.1, 0.15) is 37.4 Å². The summed E-state index contributed by atoms with van der Waals surface area (Å²) in [5, 5.41) is 16.5. The fourth-order valence-electron chi connectivity index (χ4n) is 4.37. The Balaban J connectivity index is 0.00000231. The fraction of sp³-hybridized carbons (Fsp3) is 0.333. The SMILES string of the molecule is COc1cccc2cc(-c3nc(C4CCC(C(=O)[O-])CC4)n4ncnc(N)c34)[n-]c12.[Mg+2]. The molecule has 31 heavy (non-hydrogen) atoms. The number of aromatic nitrogens is 5. The van der Waals surface area contributed by atoms with Crippen LogP contribution in [0, 0.1) is 5.92 Å². The number of carboxylic acid groups (broad SMARTS) is 1. The number of nitrogen functional groups attached to an aromatic ring is 1. The molecule has 9 nitrogen and oxygen atoms in total. The van der Waals surface area contributed by atoms with Crippen LogP contribution in [0.2, 0.25) is 0 Å². The molecule has 4 aromatic rings. The Morgan fingerprint density at radius 2 is 2.06 bits per heavy atom. The number of carboxylic acids is 1. The second kappa shape index (κ2) is 8.35. The van der Waals surface area contributed by atoms with E-state index < -0.39 is 11.9 Å². The topological polar surface area (TPSA) is 133 Å². The van der Waals surface area contributed by atoms with Crippen molar-refractivity contribution >= 4 is 51.3 Å². The number of rotatable bonds is 4. The van der Waals surface area contributed by atoms with Crippen molar-refractivity contribution in [3.8, 4) is 17.1 Å². The number of para-hydroxylation sites is 1. The third-order valence-electron chi connectivity index (χ3n) is 5.93. The zero-order valence-electron chi connectivity index (χ0n) is 17.1. The summed E-state index contributed by atoms with van der Waals surface area (Å²) >= 11 is 0. The van der Waals surface area contributed by atoms with Crippen molar-refractivity contribution in [2.24, 2.45) is 5.92 Å². The number of aliphatic carboxylic acids is 1. The molecule has 0 unspecified atom stereocenters. The first kappa shape index (κ1) is 21.4. The van der Waals surface area contributed by atoms with Crippen LogP contribution in [0.25, 0.3) is 27.8 Å². The number of hydrogen-bond donors (Lipinski definition) is 1. The molecule has 2 N–H and O–H groups in total. The number of carbonyl (C=O) groups is 1. The van der Waals surface area contributed by atoms with Crippen LogP contribution in [0.15, 0.2) is 30.6 Å². The predicted octanol–water partition coefficient (Wildman–Crippen LogP) is 1.14. The van der Waals surface area contributed by atoms with E-state index in [1.165, 1.54) is 6.33 Å². The summed E-state index contributed by atoms with van der Waals surface area (Å²) in [6, 6.07) is 7.69. The molecule has 1 aliphatic rings. The molecule has 5 rings (SSSR count). The van der Waals surface area contributed by atoms with E-state index in [1.807, 2.05) is 24.3 Å². The molecule has 0 radical (unpaired) electrons. The molecule has 0 spiro atoms. The maximum Gasteiger partial charge on any atom is 2.00 e. The van der Waals surface area contributed by atoms with Crippen LogP contribution in [0.5, 0.6) is 5.75 Å². The molecule has 3 aromatic heterocycles. The van der Waals surface area contributed by atoms with Gasteiger partial charge in [0.05, 0.1) is 12.8 Å². The molecular formula is C21H20MgN6O3. The smallest absolute Gasteiger partial charge is 0.653 e. The van der Waals surface area contributed by atoms with Crippen LogP contribution in [0.3, 0.4) is 0 Å². The van der Waals surface area contributed by atoms with Crippen LogP contribution in [-0.2, 0) is 4.79 Å². The Morgan fingerprint density at radius 3 is 2.77 bits per heavy atom. The van der Waals surface area contributed by atoms with Gasteiger partial charge in [-0.1, -0.05) is 23.7 Å². The Morgan fingerprint density at radius 1 is 1.29 bits per heavy atom. The second-order valence-corrected chi connectivity index (χ2v) is 7.63. The first-order chi connectivity index (χ1) is 14.6. The number of fused-ring (bicyclic) bond motifs is 2. The van der Waals surface area contributed by atoms with Gasteiger partial charge in [0, 0.05) is 11.9 Å². The summed E-state index contributed by atoms with van der Waals surface area (Å²) in [5.74, 6) is 0.463. The van der Waals surface area contributed by atoms with Crippen molar-refractivity contribution in [2.45, 2.75) is 31.6 Å². The standard InChI is InChI=1S/C21H22N6O3.Mg/c1-30-15-4-2-3-13-9-14(25-16(13)15)17-18-19(22)23-10-24-27(18)20(26-17)11-5-7-12(8-6-11)21(28)29;/h2-4,9-12H,5-8H2,1H3,(H4,22,23,24,25,28,29);/q;+2/p-2. The van der Waals surface area contributed by atoms with E-state index in [1.54, 1.807) is 11.6 Å². The average molecular weight is 429 g/mol. The van der Waals surface area contributed by atoms with E-state index >= 15 is 0 Å². The van der Waals surface area contributed by atoms with Crippen LogP contribution >= 0.6 is 0 Å². The van der Waals surface area contributed by atoms with Crippen molar-refractivity contribution in [3.63, 3.8) is 0 Å². The van der Waals surface area contributed by atoms with E-state index in [0.717, 1.165) is 16.7 Å². The maximum atomic E-state index is 11.2. The minimum atomic E-state index is -0.977. The van der Waals surface area contributed by atoms with Gasteiger partial charge in [0.25, 0.3) is 0 Å². The number of nitrogens with two attached hydrogens (primary N) is 1. The van der Waals surface area contributed by atoms with Gasteiger partial charge in [-0.05, 0) is 43.1 Å². The molecule has 10 heteroatoms. The molecule has 1 aromatic carbocycles. The van der Waals surface area contributed by atoms with Gasteiger partial charge < -0.3 is 25.4 Å². The predicted molar refractivity (Wildman–Crippen MR) is 113 cm³/mol. The number of methoxy groups -OCH3 is 1. The van der Waals surface area contributed by atoms with Crippen molar-refractivity contribution in [3.05, 3.63) is 36.4 Å². The van der Waals surface area contributed by atoms with Gasteiger partial charge in [0.1, 0.15) is 23.4 Å². The fourth-order valence-corrected chi connectivity index (χ4v) is 4.37. The second-order valence-electron chi connectivity index (χ2n) is 7.63. The van der Waals surface area contributed by atoms with Crippen molar-refractivity contribution < 1.29 is 14.6 Å². The van der Waals surface area contributed by atoms with Crippen molar-refractivity contribution in [1.29, 1.82) is 0 Å². The van der Waals surface area contributed by atoms with Crippen LogP contribution < -0.4 is 20.6 Å². The van der Waals surface area contributed by atoms with E-state index in [9.17, 15) is 9.90 Å². The zero-order chi connectivity index (χ0) is 20.8. The third-order valence-corrected chi connectivity index (χ3v) is 5.93. The minimum absolute atomic E-state index is 0. The number of ether oxygens (including phenoxy) is 1. The van der Waals surface area contributed by atoms with Gasteiger partial charge in [-0.15, -0.1) is 5.69 Å². The molecular weight excluding hydrogens is 409 g/mol. The Bertz CT molecular complexity index is 1260. The van der Waals surface area contributed by atoms with Gasteiger partial charge in [0.2, 0.25) is 0 Å². The number of hydrogen-bond acceptors (Lipinski definition) is 7. The van der Waals surface area contributed by atoms with Gasteiger partial charge in [0.15, 0.2) is 5.82 Å². The first-order valence-corrected chi connectivity index (χ1v) is 9.87. The van der Waals surface area contributed by atoms with E-state index in [-0.39, 0.29) is 29.0 Å². The van der Waals surface area contributed by atoms with Crippen LogP contribution in [0.4, 0.5) is 5.82 Å². The Hall–Kier alpha value is -2.85. The number of anilines is 1. The summed E-state index contributed by atoms with van der Waals surface area (Å²) < 4.78 is 7.15. The number of carbonyl (C=O) groups excluding carboxylic acids is 1. The maximum absolute atomic E-state index is 11.2. The molecule has 1 fully saturated rings. The third kappa shape index (κ3) is 3.59. The van der Waals surface area contributed by atoms with Crippen LogP contribution in [-0.4, -0.2) is 55.7 Å². The molecule has 1 saturated carbocycles. The van der Waals surface area contributed by atoms with Gasteiger partial charge in [-0.2, -0.15) is 5.10 Å². The van der Waals surface area contributed by atoms with E-state index in [2.05, 4.69) is 10.1 Å². The summed E-state index contributed by atoms with van der Waals surface area (Å²) in [7, 11) is 1.61. The molecule has 0 bridgehead atoms. The van der Waals surface area contributed by atoms with E-state index in [4.69, 9.17) is 20.4 Å². The summed E-state index contributed by atoms with van der Waals surface area (Å²) in [5.41, 5.74) is 8.84. The summed E-state index contributed by atoms with van der Waals surface area (Å²) in [6.07, 6.45) is 3.93. The number of benzene rings is 1. The number of nitrogens with zero attached hydrogens (tertiary/aromatic N) is 5. The normalized spacial score (nSPS) is 18.7. The molecule has 154 valence electrons. The summed E-state index contributed by atoms with van der Waals surface area (Å²) in [4.78, 5) is 25.0. The average Bonchev–Trinajstić information content (AvgIpc) is 3.36. The molecule has 1 aliphatic carbocycles. The Labute approximate surface area is 194 Å². The summed E-state index contributed by atoms with van der Waals surface area (Å²) in [6.45, 7) is 0. The first-order valence-electron chi connectivity index (χ1n) is 9.87. The Kier molecular flexibility index (Phi) is 5.76. The van der Waals surface area contributed by atoms with Gasteiger partial charge in [-0.3, -0.25) is 0 Å². The quantitative estimate of drug-likeness (QED) is 0.478. The van der Waals surface area contributed by atoms with Gasteiger partial charge >= 0.3 is 23.1 Å². The zero-order valence-corrected chi connectivity index (χ0v) is 18.5. The van der Waals surface area contributed by atoms with Crippen molar-refractivity contribution in [1.82, 2.24) is 24.6 Å². The molecule has 0 amide bonds. The number of imidazole rings is 1. The molecule has 0 saturated heterocycles.